The van der Waals surface area contributed by atoms with Gasteiger partial charge in [0.05, 0.1) is 17.6 Å². The molecule has 0 saturated carbocycles. The largest absolute Gasteiger partial charge is 0.341 e. The molecule has 0 fully saturated rings. The maximum Gasteiger partial charge on any atom is 0.341 e. The molecule has 6 heteroatoms. The molecular formula is C14H23Cl3Si3. The molecule has 112 valence electrons. The number of benzene rings is 1. The summed E-state index contributed by atoms with van der Waals surface area (Å²) < 4.78 is 0. The Labute approximate surface area is 141 Å². The van der Waals surface area contributed by atoms with Crippen LogP contribution in [0.25, 0.3) is 0 Å². The van der Waals surface area contributed by atoms with Crippen molar-refractivity contribution >= 4 is 67.2 Å². The minimum absolute atomic E-state index is 0.209. The molecule has 1 atom stereocenters. The standard InChI is InChI=1S/C14H23Cl3Si3/c1-6-11(2)18-13-7-9-14(10-8-13)19(4,5)12(3)20(15,16)17/h6-10,12H,18H2,1-5H3. The summed E-state index contributed by atoms with van der Waals surface area (Å²) in [7, 11) is -2.01. The number of hydrogen-bond acceptors (Lipinski definition) is 0. The van der Waals surface area contributed by atoms with Crippen LogP contribution in [-0.2, 0) is 0 Å². The summed E-state index contributed by atoms with van der Waals surface area (Å²) >= 11 is 18.7. The summed E-state index contributed by atoms with van der Waals surface area (Å²) in [6, 6.07) is 6.43. The van der Waals surface area contributed by atoms with E-state index in [4.69, 9.17) is 33.2 Å². The summed E-state index contributed by atoms with van der Waals surface area (Å²) in [6.45, 7) is 11.0. The Morgan fingerprint density at radius 3 is 2.05 bits per heavy atom. The third kappa shape index (κ3) is 4.75. The molecule has 0 radical (unpaired) electrons. The fourth-order valence-electron chi connectivity index (χ4n) is 2.14. The predicted molar refractivity (Wildman–Crippen MR) is 104 cm³/mol. The van der Waals surface area contributed by atoms with E-state index in [0.29, 0.717) is 0 Å². The molecule has 1 unspecified atom stereocenters. The highest BCUT2D eigenvalue weighted by atomic mass is 35.8. The van der Waals surface area contributed by atoms with Crippen molar-refractivity contribution in [3.63, 3.8) is 0 Å². The molecule has 1 rings (SSSR count). The normalized spacial score (nSPS) is 15.9. The van der Waals surface area contributed by atoms with Gasteiger partial charge in [-0.3, -0.25) is 0 Å². The van der Waals surface area contributed by atoms with Gasteiger partial charge in [-0.25, -0.2) is 0 Å². The summed E-state index contributed by atoms with van der Waals surface area (Å²) in [5.41, 5.74) is 0. The molecule has 0 saturated heterocycles. The number of allylic oxidation sites excluding steroid dienone is 2. The van der Waals surface area contributed by atoms with Crippen molar-refractivity contribution in [2.75, 3.05) is 0 Å². The average Bonchev–Trinajstić information content (AvgIpc) is 2.37. The molecule has 0 aliphatic heterocycles. The Morgan fingerprint density at radius 2 is 1.65 bits per heavy atom. The van der Waals surface area contributed by atoms with Crippen molar-refractivity contribution in [1.82, 2.24) is 0 Å². The molecule has 1 aromatic carbocycles. The maximum absolute atomic E-state index is 6.24. The Balaban J connectivity index is 2.98. The molecule has 20 heavy (non-hydrogen) atoms. The summed E-state index contributed by atoms with van der Waals surface area (Å²) in [5, 5.41) is 4.60. The van der Waals surface area contributed by atoms with Gasteiger partial charge >= 0.3 is 6.00 Å². The summed E-state index contributed by atoms with van der Waals surface area (Å²) in [4.78, 5) is 0. The SMILES string of the molecule is CC=C(C)[SiH2]c1ccc([Si](C)(C)C(C)[Si](Cl)(Cl)Cl)cc1. The van der Waals surface area contributed by atoms with E-state index < -0.39 is 14.1 Å². The molecule has 1 aromatic rings. The van der Waals surface area contributed by atoms with Gasteiger partial charge in [0.1, 0.15) is 0 Å². The summed E-state index contributed by atoms with van der Waals surface area (Å²) in [6.07, 6.45) is 2.22. The van der Waals surface area contributed by atoms with E-state index in [0.717, 1.165) is 0 Å². The van der Waals surface area contributed by atoms with Crippen LogP contribution in [0.1, 0.15) is 20.8 Å². The van der Waals surface area contributed by atoms with Gasteiger partial charge in [0.2, 0.25) is 0 Å². The zero-order valence-electron chi connectivity index (χ0n) is 12.8. The first-order valence-electron chi connectivity index (χ1n) is 6.87. The van der Waals surface area contributed by atoms with E-state index in [1.54, 1.807) is 0 Å². The highest BCUT2D eigenvalue weighted by Gasteiger charge is 2.45. The highest BCUT2D eigenvalue weighted by Crippen LogP contribution is 2.39. The van der Waals surface area contributed by atoms with Crippen LogP contribution in [0.15, 0.2) is 35.5 Å². The predicted octanol–water partition coefficient (Wildman–Crippen LogP) is 3.90. The van der Waals surface area contributed by atoms with Gasteiger partial charge in [-0.2, -0.15) is 0 Å². The molecule has 0 heterocycles. The average molecular weight is 382 g/mol. The van der Waals surface area contributed by atoms with Gasteiger partial charge in [0.15, 0.2) is 0 Å². The summed E-state index contributed by atoms with van der Waals surface area (Å²) in [5.74, 6) is 0. The third-order valence-corrected chi connectivity index (χ3v) is 19.1. The lowest BCUT2D eigenvalue weighted by atomic mass is 10.4. The lowest BCUT2D eigenvalue weighted by molar-refractivity contribution is 1.25. The monoisotopic (exact) mass is 380 g/mol. The fraction of sp³-hybridized carbons (Fsp3) is 0.429. The van der Waals surface area contributed by atoms with Crippen LogP contribution in [0.4, 0.5) is 0 Å². The van der Waals surface area contributed by atoms with Crippen LogP contribution < -0.4 is 10.4 Å². The Bertz CT molecular complexity index is 475. The van der Waals surface area contributed by atoms with Gasteiger partial charge in [0.25, 0.3) is 0 Å². The van der Waals surface area contributed by atoms with E-state index in [1.807, 2.05) is 0 Å². The second-order valence-electron chi connectivity index (χ2n) is 5.99. The quantitative estimate of drug-likeness (QED) is 0.536. The minimum atomic E-state index is -2.65. The van der Waals surface area contributed by atoms with E-state index in [1.165, 1.54) is 15.6 Å². The Kier molecular flexibility index (Phi) is 6.63. The zero-order chi connectivity index (χ0) is 15.6. The molecule has 0 amide bonds. The van der Waals surface area contributed by atoms with Gasteiger partial charge in [-0.15, -0.1) is 33.2 Å². The lowest BCUT2D eigenvalue weighted by Crippen LogP contribution is -2.51. The molecule has 0 aliphatic rings. The van der Waals surface area contributed by atoms with Crippen molar-refractivity contribution in [3.05, 3.63) is 35.5 Å². The Hall–Kier alpha value is 0.481. The van der Waals surface area contributed by atoms with Crippen LogP contribution >= 0.6 is 33.2 Å². The van der Waals surface area contributed by atoms with Crippen LogP contribution in [0.2, 0.25) is 18.3 Å². The Morgan fingerprint density at radius 1 is 1.15 bits per heavy atom. The molecule has 0 bridgehead atoms. The van der Waals surface area contributed by atoms with Crippen LogP contribution in [0.3, 0.4) is 0 Å². The first-order chi connectivity index (χ1) is 9.09. The molecule has 0 spiro atoms. The second-order valence-corrected chi connectivity index (χ2v) is 22.8. The molecule has 0 nitrogen and oxygen atoms in total. The van der Waals surface area contributed by atoms with Crippen molar-refractivity contribution < 1.29 is 0 Å². The minimum Gasteiger partial charge on any atom is -0.126 e. The van der Waals surface area contributed by atoms with Crippen molar-refractivity contribution in [2.24, 2.45) is 0 Å². The fourth-order valence-corrected chi connectivity index (χ4v) is 16.1. The number of rotatable bonds is 5. The van der Waals surface area contributed by atoms with Crippen LogP contribution in [0, 0.1) is 0 Å². The molecule has 0 N–H and O–H groups in total. The maximum atomic E-state index is 6.24. The van der Waals surface area contributed by atoms with Crippen molar-refractivity contribution in [1.29, 1.82) is 0 Å². The van der Waals surface area contributed by atoms with Crippen molar-refractivity contribution in [2.45, 2.75) is 39.0 Å². The van der Waals surface area contributed by atoms with E-state index >= 15 is 0 Å². The third-order valence-electron chi connectivity index (χ3n) is 4.25. The van der Waals surface area contributed by atoms with Gasteiger partial charge in [-0.05, 0) is 19.0 Å². The number of hydrogen-bond donors (Lipinski definition) is 0. The van der Waals surface area contributed by atoms with Gasteiger partial charge in [-0.1, -0.05) is 65.9 Å². The first-order valence-corrected chi connectivity index (χ1v) is 16.5. The smallest absolute Gasteiger partial charge is 0.126 e. The van der Waals surface area contributed by atoms with E-state index in [-0.39, 0.29) is 14.7 Å². The second kappa shape index (κ2) is 7.16. The van der Waals surface area contributed by atoms with Crippen molar-refractivity contribution in [3.8, 4) is 0 Å². The zero-order valence-corrected chi connectivity index (χ0v) is 18.5. The number of halogens is 3. The highest BCUT2D eigenvalue weighted by molar-refractivity contribution is 7.67. The first kappa shape index (κ1) is 18.5. The molecule has 0 aromatic heterocycles. The molecular weight excluding hydrogens is 359 g/mol. The van der Waals surface area contributed by atoms with Crippen LogP contribution in [-0.4, -0.2) is 23.6 Å². The van der Waals surface area contributed by atoms with Crippen LogP contribution in [0.5, 0.6) is 0 Å². The topological polar surface area (TPSA) is 0 Å². The van der Waals surface area contributed by atoms with E-state index in [9.17, 15) is 0 Å². The van der Waals surface area contributed by atoms with Gasteiger partial charge < -0.3 is 0 Å². The molecule has 0 aliphatic carbocycles. The van der Waals surface area contributed by atoms with Gasteiger partial charge in [0, 0.05) is 0 Å². The van der Waals surface area contributed by atoms with E-state index in [2.05, 4.69) is 64.2 Å². The lowest BCUT2D eigenvalue weighted by Gasteiger charge is -2.33.